The molecule has 1 aromatic heterocycles. The summed E-state index contributed by atoms with van der Waals surface area (Å²) in [5.41, 5.74) is 0.579. The van der Waals surface area contributed by atoms with Crippen molar-refractivity contribution in [1.82, 2.24) is 4.90 Å². The van der Waals surface area contributed by atoms with Crippen molar-refractivity contribution in [2.75, 3.05) is 30.1 Å². The summed E-state index contributed by atoms with van der Waals surface area (Å²) in [6.07, 6.45) is 1.57. The summed E-state index contributed by atoms with van der Waals surface area (Å²) < 4.78 is 35.3. The van der Waals surface area contributed by atoms with E-state index in [2.05, 4.69) is 0 Å². The van der Waals surface area contributed by atoms with Crippen LogP contribution in [0, 0.1) is 0 Å². The highest BCUT2D eigenvalue weighted by molar-refractivity contribution is 7.91. The minimum Gasteiger partial charge on any atom is -0.495 e. The number of methoxy groups -OCH3 is 1. The zero-order valence-corrected chi connectivity index (χ0v) is 16.2. The quantitative estimate of drug-likeness (QED) is 0.766. The van der Waals surface area contributed by atoms with Crippen molar-refractivity contribution in [3.63, 3.8) is 0 Å². The molecule has 0 unspecified atom stereocenters. The fraction of sp³-hybridized carbons (Fsp3) is 0.389. The van der Waals surface area contributed by atoms with Crippen LogP contribution in [0.25, 0.3) is 0 Å². The molecule has 0 spiro atoms. The Labute approximate surface area is 162 Å². The molecule has 2 aromatic rings. The van der Waals surface area contributed by atoms with Crippen LogP contribution in [0.2, 0.25) is 5.02 Å². The highest BCUT2D eigenvalue weighted by Crippen LogP contribution is 2.35. The first-order chi connectivity index (χ1) is 12.9. The van der Waals surface area contributed by atoms with Crippen molar-refractivity contribution in [2.45, 2.75) is 18.6 Å². The van der Waals surface area contributed by atoms with Crippen molar-refractivity contribution in [2.24, 2.45) is 0 Å². The Balaban J connectivity index is 1.68. The van der Waals surface area contributed by atoms with Gasteiger partial charge in [-0.1, -0.05) is 11.6 Å². The summed E-state index contributed by atoms with van der Waals surface area (Å²) in [5.74, 6) is 0.987. The molecule has 0 radical (unpaired) electrons. The maximum atomic E-state index is 12.9. The standard InChI is InChI=1S/C18H19ClN2O5S/c1-25-17-5-4-12(7-14(17)19)21-16-11-27(23,24)10-15(16)20(9-18(21)22)8-13-3-2-6-26-13/h2-7,15-16H,8-11H2,1H3/t15-,16+/m0/s1. The number of anilines is 1. The van der Waals surface area contributed by atoms with E-state index in [1.54, 1.807) is 35.4 Å². The third kappa shape index (κ3) is 3.44. The molecule has 2 aliphatic heterocycles. The van der Waals surface area contributed by atoms with Gasteiger partial charge >= 0.3 is 0 Å². The van der Waals surface area contributed by atoms with Crippen LogP contribution in [-0.2, 0) is 21.2 Å². The van der Waals surface area contributed by atoms with Gasteiger partial charge in [-0.2, -0.15) is 0 Å². The second-order valence-electron chi connectivity index (χ2n) is 6.78. The van der Waals surface area contributed by atoms with Gasteiger partial charge in [-0.15, -0.1) is 0 Å². The lowest BCUT2D eigenvalue weighted by Gasteiger charge is -2.43. The molecule has 1 aromatic carbocycles. The number of furan rings is 1. The van der Waals surface area contributed by atoms with Gasteiger partial charge in [0.25, 0.3) is 0 Å². The topological polar surface area (TPSA) is 80.1 Å². The van der Waals surface area contributed by atoms with E-state index < -0.39 is 15.9 Å². The molecule has 2 aliphatic rings. The van der Waals surface area contributed by atoms with Crippen LogP contribution in [0.1, 0.15) is 5.76 Å². The number of hydrogen-bond acceptors (Lipinski definition) is 6. The van der Waals surface area contributed by atoms with Gasteiger partial charge in [0, 0.05) is 11.7 Å². The van der Waals surface area contributed by atoms with E-state index in [9.17, 15) is 13.2 Å². The summed E-state index contributed by atoms with van der Waals surface area (Å²) in [4.78, 5) is 16.4. The fourth-order valence-corrected chi connectivity index (χ4v) is 6.11. The first-order valence-corrected chi connectivity index (χ1v) is 10.7. The summed E-state index contributed by atoms with van der Waals surface area (Å²) >= 11 is 6.21. The van der Waals surface area contributed by atoms with Crippen molar-refractivity contribution in [3.8, 4) is 5.75 Å². The Bertz CT molecular complexity index is 960. The van der Waals surface area contributed by atoms with Gasteiger partial charge in [0.05, 0.1) is 49.0 Å². The second kappa shape index (κ2) is 6.85. The van der Waals surface area contributed by atoms with E-state index in [1.807, 2.05) is 11.0 Å². The highest BCUT2D eigenvalue weighted by atomic mass is 35.5. The Kier molecular flexibility index (Phi) is 4.65. The van der Waals surface area contributed by atoms with E-state index >= 15 is 0 Å². The van der Waals surface area contributed by atoms with E-state index in [4.69, 9.17) is 20.8 Å². The largest absolute Gasteiger partial charge is 0.495 e. The molecule has 27 heavy (non-hydrogen) atoms. The maximum Gasteiger partial charge on any atom is 0.241 e. The monoisotopic (exact) mass is 410 g/mol. The van der Waals surface area contributed by atoms with Gasteiger partial charge in [-0.3, -0.25) is 9.69 Å². The van der Waals surface area contributed by atoms with Gasteiger partial charge in [0.2, 0.25) is 5.91 Å². The molecular formula is C18H19ClN2O5S. The minimum atomic E-state index is -3.25. The number of nitrogens with zero attached hydrogens (tertiary/aromatic N) is 2. The Morgan fingerprint density at radius 2 is 2.04 bits per heavy atom. The van der Waals surface area contributed by atoms with Gasteiger partial charge in [0.1, 0.15) is 11.5 Å². The predicted octanol–water partition coefficient (Wildman–Crippen LogP) is 1.96. The molecule has 0 N–H and O–H groups in total. The average molecular weight is 411 g/mol. The molecule has 9 heteroatoms. The number of carbonyl (C=O) groups excluding carboxylic acids is 1. The molecular weight excluding hydrogens is 392 g/mol. The summed E-state index contributed by atoms with van der Waals surface area (Å²) in [6, 6.07) is 7.89. The number of amides is 1. The number of sulfone groups is 1. The zero-order chi connectivity index (χ0) is 19.2. The number of hydrogen-bond donors (Lipinski definition) is 0. The number of fused-ring (bicyclic) bond motifs is 1. The molecule has 2 atom stereocenters. The molecule has 0 aliphatic carbocycles. The number of ether oxygens (including phenoxy) is 1. The smallest absolute Gasteiger partial charge is 0.241 e. The predicted molar refractivity (Wildman–Crippen MR) is 101 cm³/mol. The summed E-state index contributed by atoms with van der Waals surface area (Å²) in [6.45, 7) is 0.508. The van der Waals surface area contributed by atoms with E-state index in [-0.39, 0.29) is 30.0 Å². The molecule has 3 heterocycles. The van der Waals surface area contributed by atoms with E-state index in [0.29, 0.717) is 28.8 Å². The number of benzene rings is 1. The third-order valence-electron chi connectivity index (χ3n) is 5.05. The normalized spacial score (nSPS) is 24.8. The molecule has 0 bridgehead atoms. The van der Waals surface area contributed by atoms with Gasteiger partial charge in [-0.25, -0.2) is 8.42 Å². The molecule has 4 rings (SSSR count). The van der Waals surface area contributed by atoms with Crippen LogP contribution in [0.5, 0.6) is 5.75 Å². The first kappa shape index (κ1) is 18.3. The number of piperazine rings is 1. The van der Waals surface area contributed by atoms with Crippen LogP contribution in [0.15, 0.2) is 41.0 Å². The van der Waals surface area contributed by atoms with Crippen LogP contribution >= 0.6 is 11.6 Å². The lowest BCUT2D eigenvalue weighted by molar-refractivity contribution is -0.123. The fourth-order valence-electron chi connectivity index (χ4n) is 3.87. The van der Waals surface area contributed by atoms with E-state index in [1.165, 1.54) is 7.11 Å². The Morgan fingerprint density at radius 1 is 1.26 bits per heavy atom. The first-order valence-electron chi connectivity index (χ1n) is 8.50. The highest BCUT2D eigenvalue weighted by Gasteiger charge is 2.49. The summed E-state index contributed by atoms with van der Waals surface area (Å²) in [5, 5.41) is 0.373. The van der Waals surface area contributed by atoms with Gasteiger partial charge in [0.15, 0.2) is 9.84 Å². The van der Waals surface area contributed by atoms with Gasteiger partial charge in [-0.05, 0) is 30.3 Å². The summed E-state index contributed by atoms with van der Waals surface area (Å²) in [7, 11) is -1.74. The van der Waals surface area contributed by atoms with Crippen LogP contribution in [-0.4, -0.2) is 56.5 Å². The molecule has 144 valence electrons. The van der Waals surface area contributed by atoms with Crippen molar-refractivity contribution < 1.29 is 22.4 Å². The lowest BCUT2D eigenvalue weighted by atomic mass is 10.0. The van der Waals surface area contributed by atoms with Crippen LogP contribution in [0.3, 0.4) is 0 Å². The molecule has 7 nitrogen and oxygen atoms in total. The molecule has 2 saturated heterocycles. The average Bonchev–Trinajstić information content (AvgIpc) is 3.21. The lowest BCUT2D eigenvalue weighted by Crippen LogP contribution is -2.61. The van der Waals surface area contributed by atoms with Crippen LogP contribution in [0.4, 0.5) is 5.69 Å². The van der Waals surface area contributed by atoms with E-state index in [0.717, 1.165) is 0 Å². The van der Waals surface area contributed by atoms with Crippen molar-refractivity contribution in [3.05, 3.63) is 47.4 Å². The molecule has 1 amide bonds. The van der Waals surface area contributed by atoms with Crippen molar-refractivity contribution >= 4 is 33.0 Å². The number of halogens is 1. The molecule has 0 saturated carbocycles. The Morgan fingerprint density at radius 3 is 2.70 bits per heavy atom. The Hall–Kier alpha value is -2.03. The maximum absolute atomic E-state index is 12.9. The third-order valence-corrected chi connectivity index (χ3v) is 7.05. The SMILES string of the molecule is COc1ccc(N2C(=O)CN(Cc3ccco3)[C@H]3CS(=O)(=O)C[C@H]32)cc1Cl. The minimum absolute atomic E-state index is 0.0199. The zero-order valence-electron chi connectivity index (χ0n) is 14.7. The van der Waals surface area contributed by atoms with Gasteiger partial charge < -0.3 is 14.1 Å². The number of rotatable bonds is 4. The number of carbonyl (C=O) groups is 1. The van der Waals surface area contributed by atoms with Crippen molar-refractivity contribution in [1.29, 1.82) is 0 Å². The molecule has 2 fully saturated rings. The van der Waals surface area contributed by atoms with Crippen LogP contribution < -0.4 is 9.64 Å². The second-order valence-corrected chi connectivity index (χ2v) is 9.34.